The first kappa shape index (κ1) is 13.8. The lowest BCUT2D eigenvalue weighted by atomic mass is 10.0. The fourth-order valence-corrected chi connectivity index (χ4v) is 2.58. The molecule has 1 N–H and O–H groups in total. The summed E-state index contributed by atoms with van der Waals surface area (Å²) in [6.07, 6.45) is 3.22. The summed E-state index contributed by atoms with van der Waals surface area (Å²) >= 11 is 0. The van der Waals surface area contributed by atoms with Gasteiger partial charge in [0.05, 0.1) is 12.7 Å². The zero-order valence-electron chi connectivity index (χ0n) is 11.7. The van der Waals surface area contributed by atoms with Crippen LogP contribution in [0.4, 0.5) is 0 Å². The molecule has 0 unspecified atom stereocenters. The molecule has 0 radical (unpaired) electrons. The molecule has 0 saturated heterocycles. The molecule has 1 heterocycles. The molecule has 0 aliphatic heterocycles. The van der Waals surface area contributed by atoms with Crippen molar-refractivity contribution < 1.29 is 19.2 Å². The van der Waals surface area contributed by atoms with E-state index in [1.807, 2.05) is 0 Å². The molecule has 1 aromatic heterocycles. The van der Waals surface area contributed by atoms with E-state index >= 15 is 0 Å². The number of carbonyl (C=O) groups is 1. The molecule has 1 fully saturated rings. The van der Waals surface area contributed by atoms with Crippen LogP contribution >= 0.6 is 0 Å². The summed E-state index contributed by atoms with van der Waals surface area (Å²) in [6, 6.07) is 6.72. The molecule has 110 valence electrons. The minimum absolute atomic E-state index is 0.270. The molecule has 0 bridgehead atoms. The second kappa shape index (κ2) is 5.29. The highest BCUT2D eigenvalue weighted by Gasteiger charge is 2.38. The summed E-state index contributed by atoms with van der Waals surface area (Å²) in [4.78, 5) is 15.7. The molecule has 1 aromatic carbocycles. The lowest BCUT2D eigenvalue weighted by Crippen LogP contribution is -2.21. The van der Waals surface area contributed by atoms with E-state index in [0.717, 1.165) is 18.4 Å². The summed E-state index contributed by atoms with van der Waals surface area (Å²) < 4.78 is 9.85. The third-order valence-electron chi connectivity index (χ3n) is 3.82. The molecule has 6 heteroatoms. The molecular formula is C15H16N2O4. The predicted octanol–water partition coefficient (Wildman–Crippen LogP) is 2.28. The number of aliphatic hydroxyl groups is 1. The zero-order chi connectivity index (χ0) is 14.9. The first-order valence-electron chi connectivity index (χ1n) is 6.88. The van der Waals surface area contributed by atoms with Gasteiger partial charge in [0.25, 0.3) is 5.89 Å². The van der Waals surface area contributed by atoms with Gasteiger partial charge < -0.3 is 14.4 Å². The summed E-state index contributed by atoms with van der Waals surface area (Å²) in [5.41, 5.74) is 0.190. The Hall–Kier alpha value is -2.21. The number of aromatic nitrogens is 2. The van der Waals surface area contributed by atoms with Gasteiger partial charge in [0.1, 0.15) is 5.60 Å². The van der Waals surface area contributed by atoms with E-state index < -0.39 is 11.6 Å². The first-order chi connectivity index (χ1) is 10.1. The van der Waals surface area contributed by atoms with Crippen molar-refractivity contribution in [1.29, 1.82) is 0 Å². The fraction of sp³-hybridized carbons (Fsp3) is 0.400. The number of carbonyl (C=O) groups excluding carboxylic acids is 1. The quantitative estimate of drug-likeness (QED) is 0.872. The van der Waals surface area contributed by atoms with Crippen molar-refractivity contribution in [1.82, 2.24) is 10.1 Å². The van der Waals surface area contributed by atoms with E-state index in [1.54, 1.807) is 24.3 Å². The van der Waals surface area contributed by atoms with Gasteiger partial charge >= 0.3 is 5.97 Å². The van der Waals surface area contributed by atoms with Crippen molar-refractivity contribution in [2.24, 2.45) is 0 Å². The lowest BCUT2D eigenvalue weighted by Gasteiger charge is -2.15. The highest BCUT2D eigenvalue weighted by Crippen LogP contribution is 2.38. The molecule has 1 aliphatic rings. The van der Waals surface area contributed by atoms with Gasteiger partial charge in [-0.05, 0) is 37.8 Å². The van der Waals surface area contributed by atoms with Crippen molar-refractivity contribution in [2.75, 3.05) is 7.11 Å². The predicted molar refractivity (Wildman–Crippen MR) is 73.4 cm³/mol. The number of nitrogens with zero attached hydrogens (tertiary/aromatic N) is 2. The van der Waals surface area contributed by atoms with Crippen molar-refractivity contribution in [3.8, 4) is 11.4 Å². The van der Waals surface area contributed by atoms with E-state index in [2.05, 4.69) is 14.9 Å². The van der Waals surface area contributed by atoms with Gasteiger partial charge in [-0.2, -0.15) is 4.98 Å². The van der Waals surface area contributed by atoms with E-state index in [-0.39, 0.29) is 5.89 Å². The van der Waals surface area contributed by atoms with Crippen molar-refractivity contribution >= 4 is 5.97 Å². The second-order valence-corrected chi connectivity index (χ2v) is 5.23. The van der Waals surface area contributed by atoms with Crippen LogP contribution in [-0.2, 0) is 10.3 Å². The van der Waals surface area contributed by atoms with E-state index in [1.165, 1.54) is 7.11 Å². The molecule has 0 spiro atoms. The Kier molecular flexibility index (Phi) is 3.47. The van der Waals surface area contributed by atoms with E-state index in [0.29, 0.717) is 24.2 Å². The minimum Gasteiger partial charge on any atom is -0.465 e. The molecule has 6 nitrogen and oxygen atoms in total. The minimum atomic E-state index is -0.989. The van der Waals surface area contributed by atoms with Crippen LogP contribution < -0.4 is 0 Å². The molecule has 0 atom stereocenters. The average molecular weight is 288 g/mol. The number of methoxy groups -OCH3 is 1. The molecule has 1 aliphatic carbocycles. The van der Waals surface area contributed by atoms with Crippen LogP contribution in [0.3, 0.4) is 0 Å². The summed E-state index contributed by atoms with van der Waals surface area (Å²) in [5, 5.41) is 14.3. The van der Waals surface area contributed by atoms with Crippen LogP contribution in [-0.4, -0.2) is 28.3 Å². The Morgan fingerprint density at radius 2 is 1.95 bits per heavy atom. The van der Waals surface area contributed by atoms with Gasteiger partial charge in [-0.3, -0.25) is 0 Å². The van der Waals surface area contributed by atoms with Gasteiger partial charge in [-0.1, -0.05) is 17.3 Å². The van der Waals surface area contributed by atoms with Crippen LogP contribution in [0.2, 0.25) is 0 Å². The maximum absolute atomic E-state index is 11.4. The van der Waals surface area contributed by atoms with Crippen LogP contribution in [0.1, 0.15) is 41.9 Å². The number of hydrogen-bond acceptors (Lipinski definition) is 6. The van der Waals surface area contributed by atoms with E-state index in [4.69, 9.17) is 4.52 Å². The first-order valence-corrected chi connectivity index (χ1v) is 6.88. The lowest BCUT2D eigenvalue weighted by molar-refractivity contribution is 0.0112. The summed E-state index contributed by atoms with van der Waals surface area (Å²) in [7, 11) is 1.34. The normalized spacial score (nSPS) is 16.9. The Bertz CT molecular complexity index is 642. The zero-order valence-corrected chi connectivity index (χ0v) is 11.7. The second-order valence-electron chi connectivity index (χ2n) is 5.23. The Labute approximate surface area is 121 Å². The van der Waals surface area contributed by atoms with Crippen LogP contribution in [0.15, 0.2) is 28.8 Å². The highest BCUT2D eigenvalue weighted by atomic mass is 16.5. The number of ether oxygens (including phenoxy) is 1. The summed E-state index contributed by atoms with van der Waals surface area (Å²) in [5.74, 6) is 0.282. The van der Waals surface area contributed by atoms with Gasteiger partial charge in [0, 0.05) is 5.56 Å². The molecule has 21 heavy (non-hydrogen) atoms. The standard InChI is InChI=1S/C15H16N2O4/c1-20-13(18)11-6-4-10(5-7-11)12-16-14(21-17-12)15(19)8-2-3-9-15/h4-7,19H,2-3,8-9H2,1H3. The van der Waals surface area contributed by atoms with Crippen LogP contribution in [0.5, 0.6) is 0 Å². The number of benzene rings is 1. The van der Waals surface area contributed by atoms with Gasteiger partial charge in [-0.25, -0.2) is 4.79 Å². The maximum atomic E-state index is 11.4. The molecule has 0 amide bonds. The number of hydrogen-bond donors (Lipinski definition) is 1. The number of esters is 1. The Balaban J connectivity index is 1.84. The summed E-state index contributed by atoms with van der Waals surface area (Å²) in [6.45, 7) is 0. The topological polar surface area (TPSA) is 85.5 Å². The maximum Gasteiger partial charge on any atom is 0.337 e. The van der Waals surface area contributed by atoms with Crippen molar-refractivity contribution in [3.63, 3.8) is 0 Å². The molecule has 1 saturated carbocycles. The van der Waals surface area contributed by atoms with Crippen LogP contribution in [0.25, 0.3) is 11.4 Å². The van der Waals surface area contributed by atoms with Crippen molar-refractivity contribution in [2.45, 2.75) is 31.3 Å². The van der Waals surface area contributed by atoms with Crippen LogP contribution in [0, 0.1) is 0 Å². The number of rotatable bonds is 3. The van der Waals surface area contributed by atoms with Gasteiger partial charge in [0.2, 0.25) is 5.82 Å². The van der Waals surface area contributed by atoms with E-state index in [9.17, 15) is 9.90 Å². The Morgan fingerprint density at radius 3 is 2.57 bits per heavy atom. The Morgan fingerprint density at radius 1 is 1.29 bits per heavy atom. The largest absolute Gasteiger partial charge is 0.465 e. The third-order valence-corrected chi connectivity index (χ3v) is 3.82. The van der Waals surface area contributed by atoms with Gasteiger partial charge in [0.15, 0.2) is 0 Å². The fourth-order valence-electron chi connectivity index (χ4n) is 2.58. The van der Waals surface area contributed by atoms with Crippen molar-refractivity contribution in [3.05, 3.63) is 35.7 Å². The highest BCUT2D eigenvalue weighted by molar-refractivity contribution is 5.89. The SMILES string of the molecule is COC(=O)c1ccc(-c2noc(C3(O)CCCC3)n2)cc1. The monoisotopic (exact) mass is 288 g/mol. The molecular weight excluding hydrogens is 272 g/mol. The van der Waals surface area contributed by atoms with Gasteiger partial charge in [-0.15, -0.1) is 0 Å². The average Bonchev–Trinajstić information content (AvgIpc) is 3.16. The molecule has 3 rings (SSSR count). The third kappa shape index (κ3) is 2.54. The smallest absolute Gasteiger partial charge is 0.337 e. The molecule has 2 aromatic rings.